The van der Waals surface area contributed by atoms with Crippen LogP contribution in [0.3, 0.4) is 0 Å². The largest absolute Gasteiger partial charge is 0.505 e. The fourth-order valence-electron chi connectivity index (χ4n) is 2.68. The zero-order valence-corrected chi connectivity index (χ0v) is 14.2. The van der Waals surface area contributed by atoms with Gasteiger partial charge in [0.15, 0.2) is 0 Å². The number of phenolic OH excluding ortho intramolecular Hbond substituents is 1. The summed E-state index contributed by atoms with van der Waals surface area (Å²) in [5, 5.41) is 11.6. The van der Waals surface area contributed by atoms with Gasteiger partial charge in [-0.25, -0.2) is 4.98 Å². The van der Waals surface area contributed by atoms with Crippen molar-refractivity contribution in [3.8, 4) is 5.75 Å². The lowest BCUT2D eigenvalue weighted by molar-refractivity contribution is 0.479. The van der Waals surface area contributed by atoms with E-state index in [-0.39, 0.29) is 5.75 Å². The zero-order chi connectivity index (χ0) is 16.8. The summed E-state index contributed by atoms with van der Waals surface area (Å²) in [6, 6.07) is 3.96. The Balaban J connectivity index is 2.98. The van der Waals surface area contributed by atoms with Gasteiger partial charge in [0.2, 0.25) is 0 Å². The Labute approximate surface area is 138 Å². The van der Waals surface area contributed by atoms with Crippen molar-refractivity contribution in [2.24, 2.45) is 0 Å². The molecule has 0 saturated heterocycles. The van der Waals surface area contributed by atoms with Gasteiger partial charge in [-0.3, -0.25) is 0 Å². The molecule has 2 nitrogen and oxygen atoms in total. The highest BCUT2D eigenvalue weighted by Crippen LogP contribution is 2.34. The average molecular weight is 305 g/mol. The molecular formula is C21H23NO. The van der Waals surface area contributed by atoms with Crippen LogP contribution in [-0.4, -0.2) is 10.1 Å². The van der Waals surface area contributed by atoms with Crippen LogP contribution in [0.25, 0.3) is 35.2 Å². The van der Waals surface area contributed by atoms with Gasteiger partial charge < -0.3 is 5.11 Å². The predicted molar refractivity (Wildman–Crippen MR) is 102 cm³/mol. The van der Waals surface area contributed by atoms with Crippen LogP contribution in [0, 0.1) is 0 Å². The maximum Gasteiger partial charge on any atom is 0.149 e. The molecule has 1 aromatic carbocycles. The van der Waals surface area contributed by atoms with Gasteiger partial charge in [-0.2, -0.15) is 0 Å². The average Bonchev–Trinajstić information content (AvgIpc) is 2.54. The van der Waals surface area contributed by atoms with E-state index in [0.717, 1.165) is 27.8 Å². The molecule has 0 radical (unpaired) electrons. The van der Waals surface area contributed by atoms with Crippen molar-refractivity contribution >= 4 is 35.2 Å². The summed E-state index contributed by atoms with van der Waals surface area (Å²) >= 11 is 0. The normalized spacial score (nSPS) is 12.7. The molecule has 0 aliphatic carbocycles. The summed E-state index contributed by atoms with van der Waals surface area (Å²) in [5.74, 6) is 0.226. The predicted octanol–water partition coefficient (Wildman–Crippen LogP) is 6.07. The third-order valence-electron chi connectivity index (χ3n) is 3.61. The van der Waals surface area contributed by atoms with E-state index in [1.807, 2.05) is 76.3 Å². The first-order valence-corrected chi connectivity index (χ1v) is 7.88. The number of nitrogens with zero attached hydrogens (tertiary/aromatic N) is 1. The molecule has 0 aliphatic rings. The van der Waals surface area contributed by atoms with Crippen LogP contribution in [-0.2, 0) is 0 Å². The molecule has 0 aliphatic heterocycles. The second-order valence-corrected chi connectivity index (χ2v) is 5.22. The number of rotatable bonds is 4. The van der Waals surface area contributed by atoms with Gasteiger partial charge in [-0.05, 0) is 39.3 Å². The highest BCUT2D eigenvalue weighted by atomic mass is 16.3. The Kier molecular flexibility index (Phi) is 5.53. The lowest BCUT2D eigenvalue weighted by Gasteiger charge is -2.13. The van der Waals surface area contributed by atoms with Crippen LogP contribution in [0.5, 0.6) is 5.75 Å². The summed E-state index contributed by atoms with van der Waals surface area (Å²) in [5.41, 5.74) is 4.42. The molecule has 0 unspecified atom stereocenters. The van der Waals surface area contributed by atoms with Gasteiger partial charge in [0.1, 0.15) is 11.3 Å². The highest BCUT2D eigenvalue weighted by Gasteiger charge is 2.14. The minimum absolute atomic E-state index is 0.226. The Morgan fingerprint density at radius 1 is 0.783 bits per heavy atom. The second kappa shape index (κ2) is 7.59. The van der Waals surface area contributed by atoms with Crippen LogP contribution in [0.4, 0.5) is 0 Å². The number of aromatic hydroxyl groups is 1. The van der Waals surface area contributed by atoms with Crippen LogP contribution in [0.2, 0.25) is 0 Å². The minimum atomic E-state index is 0.226. The van der Waals surface area contributed by atoms with Gasteiger partial charge in [0.25, 0.3) is 0 Å². The van der Waals surface area contributed by atoms with Gasteiger partial charge in [0.05, 0.1) is 5.69 Å². The summed E-state index contributed by atoms with van der Waals surface area (Å²) < 4.78 is 0. The molecule has 2 rings (SSSR count). The van der Waals surface area contributed by atoms with E-state index in [0.29, 0.717) is 5.52 Å². The number of hydrogen-bond acceptors (Lipinski definition) is 2. The first-order chi connectivity index (χ1) is 11.2. The molecule has 23 heavy (non-hydrogen) atoms. The first kappa shape index (κ1) is 16.8. The quantitative estimate of drug-likeness (QED) is 0.743. The van der Waals surface area contributed by atoms with E-state index >= 15 is 0 Å². The molecule has 1 N–H and O–H groups in total. The molecule has 1 heterocycles. The van der Waals surface area contributed by atoms with Crippen LogP contribution < -0.4 is 0 Å². The lowest BCUT2D eigenvalue weighted by atomic mass is 9.97. The third-order valence-corrected chi connectivity index (χ3v) is 3.61. The molecule has 0 bridgehead atoms. The number of phenols is 1. The first-order valence-electron chi connectivity index (χ1n) is 7.88. The molecule has 118 valence electrons. The molecule has 2 heteroatoms. The molecule has 1 aromatic heterocycles. The van der Waals surface area contributed by atoms with Crippen molar-refractivity contribution in [2.75, 3.05) is 0 Å². The smallest absolute Gasteiger partial charge is 0.149 e. The number of fused-ring (bicyclic) bond motifs is 1. The zero-order valence-electron chi connectivity index (χ0n) is 14.2. The monoisotopic (exact) mass is 305 g/mol. The van der Waals surface area contributed by atoms with Gasteiger partial charge in [-0.1, -0.05) is 54.7 Å². The Hall–Kier alpha value is -2.61. The number of aromatic nitrogens is 1. The fourth-order valence-corrected chi connectivity index (χ4v) is 2.68. The summed E-state index contributed by atoms with van der Waals surface area (Å²) in [7, 11) is 0. The second-order valence-electron chi connectivity index (χ2n) is 5.22. The van der Waals surface area contributed by atoms with Crippen molar-refractivity contribution in [1.29, 1.82) is 0 Å². The number of benzene rings is 1. The maximum atomic E-state index is 10.6. The molecule has 0 amide bonds. The standard InChI is InChI=1S/C21H23NO/c1-5-9-15-13-14-18-16(10-6-2)17(11-7-3)19(12-8-4)22-20(18)21(15)23/h5-14,23H,1-4H3/b9-5+,10-6+,11-7+,12-8+. The van der Waals surface area contributed by atoms with E-state index in [9.17, 15) is 5.11 Å². The van der Waals surface area contributed by atoms with E-state index in [4.69, 9.17) is 4.98 Å². The van der Waals surface area contributed by atoms with Crippen molar-refractivity contribution in [3.63, 3.8) is 0 Å². The Morgan fingerprint density at radius 2 is 1.39 bits per heavy atom. The van der Waals surface area contributed by atoms with Crippen LogP contribution in [0.15, 0.2) is 36.4 Å². The van der Waals surface area contributed by atoms with Crippen molar-refractivity contribution in [3.05, 3.63) is 58.8 Å². The van der Waals surface area contributed by atoms with Gasteiger partial charge >= 0.3 is 0 Å². The van der Waals surface area contributed by atoms with Crippen molar-refractivity contribution in [1.82, 2.24) is 4.98 Å². The Bertz CT molecular complexity index is 824. The number of hydrogen-bond donors (Lipinski definition) is 1. The lowest BCUT2D eigenvalue weighted by Crippen LogP contribution is -1.96. The van der Waals surface area contributed by atoms with Gasteiger partial charge in [-0.15, -0.1) is 0 Å². The topological polar surface area (TPSA) is 33.1 Å². The number of allylic oxidation sites excluding steroid dienone is 4. The van der Waals surface area contributed by atoms with E-state index < -0.39 is 0 Å². The number of pyridine rings is 1. The van der Waals surface area contributed by atoms with Crippen LogP contribution >= 0.6 is 0 Å². The minimum Gasteiger partial charge on any atom is -0.505 e. The fraction of sp³-hybridized carbons (Fsp3) is 0.190. The molecule has 0 fully saturated rings. The SMILES string of the molecule is C/C=C/c1ccc2c(/C=C/C)c(/C=C/C)c(/C=C/C)nc2c1O. The maximum absolute atomic E-state index is 10.6. The molecule has 0 spiro atoms. The van der Waals surface area contributed by atoms with Crippen LogP contribution in [0.1, 0.15) is 50.1 Å². The van der Waals surface area contributed by atoms with Gasteiger partial charge in [0, 0.05) is 16.5 Å². The third kappa shape index (κ3) is 3.26. The van der Waals surface area contributed by atoms with Crippen molar-refractivity contribution < 1.29 is 5.11 Å². The van der Waals surface area contributed by atoms with E-state index in [1.165, 1.54) is 0 Å². The highest BCUT2D eigenvalue weighted by molar-refractivity contribution is 5.98. The van der Waals surface area contributed by atoms with Crippen molar-refractivity contribution in [2.45, 2.75) is 27.7 Å². The summed E-state index contributed by atoms with van der Waals surface area (Å²) in [6.45, 7) is 7.89. The molecular weight excluding hydrogens is 282 g/mol. The molecule has 2 aromatic rings. The van der Waals surface area contributed by atoms with E-state index in [2.05, 4.69) is 12.2 Å². The Morgan fingerprint density at radius 3 is 2.00 bits per heavy atom. The van der Waals surface area contributed by atoms with E-state index in [1.54, 1.807) is 0 Å². The molecule has 0 saturated carbocycles. The molecule has 0 atom stereocenters. The summed E-state index contributed by atoms with van der Waals surface area (Å²) in [4.78, 5) is 4.71. The summed E-state index contributed by atoms with van der Waals surface area (Å²) in [6.07, 6.45) is 15.9.